The van der Waals surface area contributed by atoms with E-state index in [-0.39, 0.29) is 0 Å². The molecule has 6 heteroatoms. The quantitative estimate of drug-likeness (QED) is 0.541. The molecule has 0 amide bonds. The molecule has 0 saturated heterocycles. The van der Waals surface area contributed by atoms with E-state index in [4.69, 9.17) is 16.9 Å². The average Bonchev–Trinajstić information content (AvgIpc) is 3.07. The maximum absolute atomic E-state index is 13.3. The SMILES string of the molecule is N#Cc1ccc(-c2ccc3c(cnn3-c3ccc(F)c(O)c3)c2)c(Cl)c1. The molecule has 1 heterocycles. The molecule has 1 N–H and O–H groups in total. The van der Waals surface area contributed by atoms with Crippen LogP contribution in [0.5, 0.6) is 5.75 Å². The molecule has 0 saturated carbocycles. The Hall–Kier alpha value is -3.36. The van der Waals surface area contributed by atoms with Crippen molar-refractivity contribution in [3.63, 3.8) is 0 Å². The number of nitrogens with zero attached hydrogens (tertiary/aromatic N) is 3. The molecule has 3 aromatic carbocycles. The Labute approximate surface area is 153 Å². The molecular weight excluding hydrogens is 353 g/mol. The van der Waals surface area contributed by atoms with Gasteiger partial charge in [-0.3, -0.25) is 0 Å². The molecule has 0 fully saturated rings. The van der Waals surface area contributed by atoms with E-state index in [2.05, 4.69) is 11.2 Å². The molecule has 0 aliphatic carbocycles. The lowest BCUT2D eigenvalue weighted by atomic mass is 10.0. The first-order valence-electron chi connectivity index (χ1n) is 7.73. The monoisotopic (exact) mass is 363 g/mol. The molecule has 0 aliphatic heterocycles. The zero-order valence-corrected chi connectivity index (χ0v) is 14.1. The van der Waals surface area contributed by atoms with Gasteiger partial charge in [-0.1, -0.05) is 23.7 Å². The topological polar surface area (TPSA) is 61.8 Å². The lowest BCUT2D eigenvalue weighted by Gasteiger charge is -2.07. The van der Waals surface area contributed by atoms with Gasteiger partial charge < -0.3 is 5.11 Å². The van der Waals surface area contributed by atoms with Crippen molar-refractivity contribution in [2.24, 2.45) is 0 Å². The number of hydrogen-bond acceptors (Lipinski definition) is 3. The largest absolute Gasteiger partial charge is 0.505 e. The first-order valence-corrected chi connectivity index (χ1v) is 8.11. The van der Waals surface area contributed by atoms with Crippen molar-refractivity contribution in [1.29, 1.82) is 5.26 Å². The zero-order chi connectivity index (χ0) is 18.3. The Morgan fingerprint density at radius 1 is 1.08 bits per heavy atom. The Kier molecular flexibility index (Phi) is 3.83. The second kappa shape index (κ2) is 6.17. The lowest BCUT2D eigenvalue weighted by Crippen LogP contribution is -1.96. The van der Waals surface area contributed by atoms with Gasteiger partial charge in [-0.2, -0.15) is 10.4 Å². The van der Waals surface area contributed by atoms with E-state index in [1.54, 1.807) is 29.1 Å². The highest BCUT2D eigenvalue weighted by Crippen LogP contribution is 2.32. The Morgan fingerprint density at radius 3 is 2.65 bits per heavy atom. The van der Waals surface area contributed by atoms with Gasteiger partial charge in [0.15, 0.2) is 11.6 Å². The summed E-state index contributed by atoms with van der Waals surface area (Å²) in [6.07, 6.45) is 1.69. The second-order valence-corrected chi connectivity index (χ2v) is 6.18. The molecular formula is C20H11ClFN3O. The summed E-state index contributed by atoms with van der Waals surface area (Å²) in [6, 6.07) is 17.0. The van der Waals surface area contributed by atoms with E-state index in [0.717, 1.165) is 22.0 Å². The molecule has 4 nitrogen and oxygen atoms in total. The van der Waals surface area contributed by atoms with Crippen molar-refractivity contribution >= 4 is 22.5 Å². The predicted molar refractivity (Wildman–Crippen MR) is 97.9 cm³/mol. The van der Waals surface area contributed by atoms with Gasteiger partial charge in [0.05, 0.1) is 29.0 Å². The highest BCUT2D eigenvalue weighted by atomic mass is 35.5. The fourth-order valence-electron chi connectivity index (χ4n) is 2.86. The van der Waals surface area contributed by atoms with Crippen LogP contribution in [0.25, 0.3) is 27.7 Å². The van der Waals surface area contributed by atoms with Crippen LogP contribution < -0.4 is 0 Å². The molecule has 126 valence electrons. The van der Waals surface area contributed by atoms with Gasteiger partial charge in [-0.15, -0.1) is 0 Å². The van der Waals surface area contributed by atoms with Crippen LogP contribution in [-0.2, 0) is 0 Å². The summed E-state index contributed by atoms with van der Waals surface area (Å²) in [5.74, 6) is -1.10. The molecule has 0 spiro atoms. The minimum Gasteiger partial charge on any atom is -0.505 e. The maximum atomic E-state index is 13.3. The van der Waals surface area contributed by atoms with Crippen LogP contribution in [-0.4, -0.2) is 14.9 Å². The summed E-state index contributed by atoms with van der Waals surface area (Å²) in [5.41, 5.74) is 3.59. The van der Waals surface area contributed by atoms with Crippen molar-refractivity contribution in [2.75, 3.05) is 0 Å². The number of aromatic hydroxyl groups is 1. The van der Waals surface area contributed by atoms with Gasteiger partial charge in [0.1, 0.15) is 0 Å². The Morgan fingerprint density at radius 2 is 1.92 bits per heavy atom. The number of hydrogen-bond donors (Lipinski definition) is 1. The van der Waals surface area contributed by atoms with Crippen LogP contribution in [0.15, 0.2) is 60.8 Å². The van der Waals surface area contributed by atoms with Gasteiger partial charge >= 0.3 is 0 Å². The number of rotatable bonds is 2. The van der Waals surface area contributed by atoms with E-state index in [0.29, 0.717) is 16.3 Å². The summed E-state index contributed by atoms with van der Waals surface area (Å²) in [4.78, 5) is 0. The van der Waals surface area contributed by atoms with Crippen LogP contribution in [0, 0.1) is 17.1 Å². The minimum absolute atomic E-state index is 0.424. The molecule has 4 rings (SSSR count). The zero-order valence-electron chi connectivity index (χ0n) is 13.3. The number of benzene rings is 3. The highest BCUT2D eigenvalue weighted by Gasteiger charge is 2.11. The molecule has 1 aromatic heterocycles. The molecule has 0 atom stereocenters. The lowest BCUT2D eigenvalue weighted by molar-refractivity contribution is 0.432. The fraction of sp³-hybridized carbons (Fsp3) is 0. The highest BCUT2D eigenvalue weighted by molar-refractivity contribution is 6.33. The van der Waals surface area contributed by atoms with Crippen molar-refractivity contribution in [1.82, 2.24) is 9.78 Å². The fourth-order valence-corrected chi connectivity index (χ4v) is 3.15. The summed E-state index contributed by atoms with van der Waals surface area (Å²) >= 11 is 6.29. The van der Waals surface area contributed by atoms with Crippen LogP contribution in [0.2, 0.25) is 5.02 Å². The third kappa shape index (κ3) is 2.67. The van der Waals surface area contributed by atoms with Gasteiger partial charge in [0.25, 0.3) is 0 Å². The molecule has 4 aromatic rings. The first kappa shape index (κ1) is 16.1. The van der Waals surface area contributed by atoms with E-state index < -0.39 is 11.6 Å². The summed E-state index contributed by atoms with van der Waals surface area (Å²) in [7, 11) is 0. The third-order valence-corrected chi connectivity index (χ3v) is 4.46. The second-order valence-electron chi connectivity index (χ2n) is 5.77. The molecule has 0 unspecified atom stereocenters. The van der Waals surface area contributed by atoms with E-state index in [9.17, 15) is 9.50 Å². The predicted octanol–water partition coefficient (Wildman–Crippen LogP) is 5.06. The average molecular weight is 364 g/mol. The Balaban J connectivity index is 1.81. The number of halogens is 2. The van der Waals surface area contributed by atoms with Gasteiger partial charge in [0.2, 0.25) is 0 Å². The van der Waals surface area contributed by atoms with Crippen LogP contribution >= 0.6 is 11.6 Å². The number of phenolic OH excluding ortho intramolecular Hbond substituents is 1. The van der Waals surface area contributed by atoms with Crippen LogP contribution in [0.4, 0.5) is 4.39 Å². The maximum Gasteiger partial charge on any atom is 0.164 e. The van der Waals surface area contributed by atoms with E-state index in [1.807, 2.05) is 24.3 Å². The van der Waals surface area contributed by atoms with Gasteiger partial charge in [0, 0.05) is 22.0 Å². The number of nitriles is 1. The third-order valence-electron chi connectivity index (χ3n) is 4.15. The van der Waals surface area contributed by atoms with Gasteiger partial charge in [-0.25, -0.2) is 9.07 Å². The van der Waals surface area contributed by atoms with Crippen LogP contribution in [0.1, 0.15) is 5.56 Å². The molecule has 0 aliphatic rings. The molecule has 0 bridgehead atoms. The number of phenols is 1. The summed E-state index contributed by atoms with van der Waals surface area (Å²) in [5, 5.41) is 24.2. The summed E-state index contributed by atoms with van der Waals surface area (Å²) in [6.45, 7) is 0. The van der Waals surface area contributed by atoms with Gasteiger partial charge in [-0.05, 0) is 42.0 Å². The minimum atomic E-state index is -0.678. The van der Waals surface area contributed by atoms with Crippen molar-refractivity contribution in [3.8, 4) is 28.6 Å². The van der Waals surface area contributed by atoms with Crippen molar-refractivity contribution < 1.29 is 9.50 Å². The Bertz CT molecular complexity index is 1190. The van der Waals surface area contributed by atoms with Crippen molar-refractivity contribution in [3.05, 3.63) is 77.2 Å². The summed E-state index contributed by atoms with van der Waals surface area (Å²) < 4.78 is 14.9. The van der Waals surface area contributed by atoms with E-state index in [1.165, 1.54) is 12.1 Å². The first-order chi connectivity index (χ1) is 12.6. The number of aromatic nitrogens is 2. The molecule has 26 heavy (non-hydrogen) atoms. The van der Waals surface area contributed by atoms with Crippen LogP contribution in [0.3, 0.4) is 0 Å². The van der Waals surface area contributed by atoms with Crippen molar-refractivity contribution in [2.45, 2.75) is 0 Å². The smallest absolute Gasteiger partial charge is 0.164 e. The standard InChI is InChI=1S/C20H11ClFN3O/c21-17-7-12(10-23)1-4-16(17)13-2-6-19-14(8-13)11-24-25(19)15-3-5-18(22)20(26)9-15/h1-9,11,26H. The number of fused-ring (bicyclic) bond motifs is 1. The van der Waals surface area contributed by atoms with E-state index >= 15 is 0 Å². The normalized spacial score (nSPS) is 10.8. The molecule has 0 radical (unpaired) electrons.